The quantitative estimate of drug-likeness (QED) is 0.632. The molecule has 3 N–H and O–H groups in total. The summed E-state index contributed by atoms with van der Waals surface area (Å²) in [6.45, 7) is 4.10. The van der Waals surface area contributed by atoms with E-state index < -0.39 is 24.2 Å². The van der Waals surface area contributed by atoms with E-state index in [1.165, 1.54) is 5.57 Å². The normalized spacial score (nSPS) is 38.2. The number of fused-ring (bicyclic) bond motifs is 3. The number of piperidine rings is 1. The van der Waals surface area contributed by atoms with Gasteiger partial charge in [0, 0.05) is 18.0 Å². The second-order valence-corrected chi connectivity index (χ2v) is 8.54. The summed E-state index contributed by atoms with van der Waals surface area (Å²) < 4.78 is 0. The number of hydrogen-bond acceptors (Lipinski definition) is 4. The molecule has 5 nitrogen and oxygen atoms in total. The van der Waals surface area contributed by atoms with Gasteiger partial charge >= 0.3 is 5.97 Å². The van der Waals surface area contributed by atoms with E-state index in [2.05, 4.69) is 24.8 Å². The van der Waals surface area contributed by atoms with Crippen molar-refractivity contribution in [2.75, 3.05) is 0 Å². The Morgan fingerprint density at radius 2 is 2.04 bits per heavy atom. The Kier molecular flexibility index (Phi) is 6.21. The third-order valence-electron chi connectivity index (χ3n) is 6.50. The van der Waals surface area contributed by atoms with E-state index >= 15 is 0 Å². The molecule has 2 saturated heterocycles. The van der Waals surface area contributed by atoms with Crippen LogP contribution in [0.5, 0.6) is 0 Å². The molecule has 146 valence electrons. The molecule has 7 atom stereocenters. The first kappa shape index (κ1) is 19.6. The molecule has 0 aromatic heterocycles. The lowest BCUT2D eigenvalue weighted by atomic mass is 9.88. The van der Waals surface area contributed by atoms with E-state index in [0.29, 0.717) is 31.2 Å². The van der Waals surface area contributed by atoms with Crippen LogP contribution in [0, 0.1) is 11.8 Å². The first-order chi connectivity index (χ1) is 12.4. The number of aliphatic hydroxyl groups is 2. The molecule has 2 heterocycles. The predicted octanol–water partition coefficient (Wildman–Crippen LogP) is 2.73. The van der Waals surface area contributed by atoms with Crippen LogP contribution in [-0.4, -0.2) is 56.5 Å². The van der Waals surface area contributed by atoms with Crippen LogP contribution in [0.15, 0.2) is 23.8 Å². The third-order valence-corrected chi connectivity index (χ3v) is 6.50. The second kappa shape index (κ2) is 8.24. The SMILES string of the molecule is CC(C)=CCC[C@H](O)C=C[C@H]1[C@H](O)CC2[C@@H]1CC1CCCC(C(=O)O)N12. The molecule has 0 radical (unpaired) electrons. The van der Waals surface area contributed by atoms with Gasteiger partial charge in [-0.3, -0.25) is 9.69 Å². The molecule has 0 aromatic rings. The Morgan fingerprint density at radius 1 is 1.27 bits per heavy atom. The second-order valence-electron chi connectivity index (χ2n) is 8.54. The number of carbonyl (C=O) groups is 1. The van der Waals surface area contributed by atoms with Crippen molar-refractivity contribution >= 4 is 5.97 Å². The number of rotatable bonds is 6. The highest BCUT2D eigenvalue weighted by Crippen LogP contribution is 2.49. The van der Waals surface area contributed by atoms with Gasteiger partial charge in [-0.15, -0.1) is 0 Å². The maximum atomic E-state index is 11.7. The van der Waals surface area contributed by atoms with E-state index in [9.17, 15) is 20.1 Å². The molecule has 3 rings (SSSR count). The summed E-state index contributed by atoms with van der Waals surface area (Å²) in [6.07, 6.45) is 10.9. The molecule has 0 amide bonds. The largest absolute Gasteiger partial charge is 0.480 e. The van der Waals surface area contributed by atoms with Gasteiger partial charge in [-0.05, 0) is 64.7 Å². The van der Waals surface area contributed by atoms with E-state index in [0.717, 1.165) is 25.7 Å². The number of hydrogen-bond donors (Lipinski definition) is 3. The highest BCUT2D eigenvalue weighted by atomic mass is 16.4. The van der Waals surface area contributed by atoms with Crippen LogP contribution in [0.4, 0.5) is 0 Å². The van der Waals surface area contributed by atoms with Crippen LogP contribution in [0.3, 0.4) is 0 Å². The Bertz CT molecular complexity index is 568. The van der Waals surface area contributed by atoms with Crippen molar-refractivity contribution < 1.29 is 20.1 Å². The Balaban J connectivity index is 1.64. The minimum Gasteiger partial charge on any atom is -0.480 e. The molecule has 3 unspecified atom stereocenters. The molecule has 26 heavy (non-hydrogen) atoms. The standard InChI is InChI=1S/C21H33NO4/c1-13(2)5-3-7-15(23)9-10-16-17-11-14-6-4-8-18(21(25)26)22(14)19(17)12-20(16)24/h5,9-10,14-20,23-24H,3-4,6-8,11-12H2,1-2H3,(H,25,26)/t14?,15-,16+,17+,18?,19?,20+/m0/s1. The lowest BCUT2D eigenvalue weighted by Crippen LogP contribution is -2.51. The van der Waals surface area contributed by atoms with E-state index in [4.69, 9.17) is 0 Å². The van der Waals surface area contributed by atoms with Gasteiger partial charge in [-0.1, -0.05) is 23.8 Å². The third kappa shape index (κ3) is 4.05. The molecule has 1 aliphatic carbocycles. The molecule has 3 fully saturated rings. The van der Waals surface area contributed by atoms with Gasteiger partial charge in [-0.2, -0.15) is 0 Å². The van der Waals surface area contributed by atoms with Gasteiger partial charge in [0.2, 0.25) is 0 Å². The fourth-order valence-electron chi connectivity index (χ4n) is 5.35. The number of carboxylic acid groups (broad SMARTS) is 1. The zero-order chi connectivity index (χ0) is 18.8. The van der Waals surface area contributed by atoms with Crippen molar-refractivity contribution in [3.05, 3.63) is 23.8 Å². The van der Waals surface area contributed by atoms with E-state index in [1.807, 2.05) is 12.2 Å². The highest BCUT2D eigenvalue weighted by Gasteiger charge is 2.54. The number of nitrogens with zero attached hydrogens (tertiary/aromatic N) is 1. The van der Waals surface area contributed by atoms with Crippen LogP contribution in [0.25, 0.3) is 0 Å². The molecule has 0 aromatic carbocycles. The molecule has 0 bridgehead atoms. The van der Waals surface area contributed by atoms with Crippen molar-refractivity contribution in [3.63, 3.8) is 0 Å². The number of aliphatic carboxylic acids is 1. The van der Waals surface area contributed by atoms with Crippen LogP contribution >= 0.6 is 0 Å². The van der Waals surface area contributed by atoms with Gasteiger partial charge in [-0.25, -0.2) is 0 Å². The Morgan fingerprint density at radius 3 is 2.73 bits per heavy atom. The first-order valence-corrected chi connectivity index (χ1v) is 10.1. The number of aliphatic hydroxyl groups excluding tert-OH is 2. The lowest BCUT2D eigenvalue weighted by Gasteiger charge is -2.38. The Labute approximate surface area is 156 Å². The summed E-state index contributed by atoms with van der Waals surface area (Å²) in [5, 5.41) is 30.3. The van der Waals surface area contributed by atoms with Crippen LogP contribution in [0.2, 0.25) is 0 Å². The molecule has 1 saturated carbocycles. The average Bonchev–Trinajstić information content (AvgIpc) is 3.07. The van der Waals surface area contributed by atoms with Gasteiger partial charge in [0.1, 0.15) is 6.04 Å². The zero-order valence-electron chi connectivity index (χ0n) is 15.9. The maximum absolute atomic E-state index is 11.7. The van der Waals surface area contributed by atoms with Crippen molar-refractivity contribution in [1.82, 2.24) is 4.90 Å². The summed E-state index contributed by atoms with van der Waals surface area (Å²) in [4.78, 5) is 13.8. The highest BCUT2D eigenvalue weighted by molar-refractivity contribution is 5.73. The molecule has 3 aliphatic rings. The maximum Gasteiger partial charge on any atom is 0.320 e. The monoisotopic (exact) mass is 363 g/mol. The molecule has 5 heteroatoms. The predicted molar refractivity (Wildman–Crippen MR) is 101 cm³/mol. The minimum atomic E-state index is -0.724. The fourth-order valence-corrected chi connectivity index (χ4v) is 5.35. The Hall–Kier alpha value is -1.17. The van der Waals surface area contributed by atoms with Gasteiger partial charge < -0.3 is 15.3 Å². The smallest absolute Gasteiger partial charge is 0.320 e. The zero-order valence-corrected chi connectivity index (χ0v) is 15.9. The summed E-state index contributed by atoms with van der Waals surface area (Å²) in [7, 11) is 0. The first-order valence-electron chi connectivity index (χ1n) is 10.1. The van der Waals surface area contributed by atoms with Gasteiger partial charge in [0.25, 0.3) is 0 Å². The van der Waals surface area contributed by atoms with Crippen LogP contribution in [0.1, 0.15) is 58.8 Å². The molecular formula is C21H33NO4. The number of carboxylic acids is 1. The molecular weight excluding hydrogens is 330 g/mol. The topological polar surface area (TPSA) is 81.0 Å². The summed E-state index contributed by atoms with van der Waals surface area (Å²) >= 11 is 0. The van der Waals surface area contributed by atoms with Crippen LogP contribution < -0.4 is 0 Å². The summed E-state index contributed by atoms with van der Waals surface area (Å²) in [5.74, 6) is -0.396. The van der Waals surface area contributed by atoms with Crippen molar-refractivity contribution in [1.29, 1.82) is 0 Å². The summed E-state index contributed by atoms with van der Waals surface area (Å²) in [5.41, 5.74) is 1.26. The van der Waals surface area contributed by atoms with Crippen LogP contribution in [-0.2, 0) is 4.79 Å². The van der Waals surface area contributed by atoms with Crippen molar-refractivity contribution in [2.45, 2.75) is 89.1 Å². The lowest BCUT2D eigenvalue weighted by molar-refractivity contribution is -0.146. The number of allylic oxidation sites excluding steroid dienone is 2. The van der Waals surface area contributed by atoms with Crippen molar-refractivity contribution in [3.8, 4) is 0 Å². The fraction of sp³-hybridized carbons (Fsp3) is 0.762. The van der Waals surface area contributed by atoms with Gasteiger partial charge in [0.15, 0.2) is 0 Å². The average molecular weight is 363 g/mol. The summed E-state index contributed by atoms with van der Waals surface area (Å²) in [6, 6.07) is 0.105. The molecule has 0 spiro atoms. The van der Waals surface area contributed by atoms with Gasteiger partial charge in [0.05, 0.1) is 12.2 Å². The molecule has 2 aliphatic heterocycles. The van der Waals surface area contributed by atoms with E-state index in [-0.39, 0.29) is 12.0 Å². The minimum absolute atomic E-state index is 0.0261. The van der Waals surface area contributed by atoms with Crippen molar-refractivity contribution in [2.24, 2.45) is 11.8 Å². The van der Waals surface area contributed by atoms with E-state index in [1.54, 1.807) is 0 Å².